The number of fused-ring (bicyclic) bond motifs is 1. The zero-order valence-corrected chi connectivity index (χ0v) is 10.1. The Bertz CT molecular complexity index is 570. The molecule has 1 unspecified atom stereocenters. The van der Waals surface area contributed by atoms with Crippen molar-refractivity contribution in [3.63, 3.8) is 0 Å². The molecule has 1 aliphatic heterocycles. The molecule has 1 saturated heterocycles. The average molecular weight is 247 g/mol. The molecule has 3 rings (SSSR count). The molecule has 1 aliphatic rings. The summed E-state index contributed by atoms with van der Waals surface area (Å²) in [6.07, 6.45) is 0.605. The summed E-state index contributed by atoms with van der Waals surface area (Å²) in [4.78, 5) is 12.5. The first kappa shape index (κ1) is 10.9. The standard InChI is InChI=1S/C13H13NO2S/c14-13(5-6-16-8-13)12(15)10-3-1-2-9-4-7-17-11(9)10/h1-4,7H,5-6,8,14H2. The van der Waals surface area contributed by atoms with E-state index in [0.717, 1.165) is 15.6 Å². The number of hydrogen-bond acceptors (Lipinski definition) is 4. The van der Waals surface area contributed by atoms with E-state index in [2.05, 4.69) is 0 Å². The van der Waals surface area contributed by atoms with Crippen molar-refractivity contribution in [2.24, 2.45) is 5.73 Å². The number of ketones is 1. The topological polar surface area (TPSA) is 52.3 Å². The van der Waals surface area contributed by atoms with Crippen LogP contribution in [0.5, 0.6) is 0 Å². The molecule has 17 heavy (non-hydrogen) atoms. The summed E-state index contributed by atoms with van der Waals surface area (Å²) in [5.74, 6) is 0.00282. The predicted octanol–water partition coefficient (Wildman–Crippen LogP) is 2.20. The third-order valence-corrected chi connectivity index (χ3v) is 4.19. The number of Topliss-reactive ketones (excluding diaryl/α,β-unsaturated/α-hetero) is 1. The summed E-state index contributed by atoms with van der Waals surface area (Å²) in [5, 5.41) is 3.10. The number of benzene rings is 1. The molecule has 2 N–H and O–H groups in total. The van der Waals surface area contributed by atoms with Crippen molar-refractivity contribution in [1.29, 1.82) is 0 Å². The average Bonchev–Trinajstić information content (AvgIpc) is 2.96. The van der Waals surface area contributed by atoms with Gasteiger partial charge in [0.15, 0.2) is 5.78 Å². The highest BCUT2D eigenvalue weighted by Crippen LogP contribution is 2.29. The fourth-order valence-electron chi connectivity index (χ4n) is 2.20. The molecule has 1 aromatic heterocycles. The Morgan fingerprint density at radius 2 is 2.29 bits per heavy atom. The van der Waals surface area contributed by atoms with Gasteiger partial charge in [0.2, 0.25) is 0 Å². The van der Waals surface area contributed by atoms with Gasteiger partial charge in [-0.05, 0) is 29.3 Å². The van der Waals surface area contributed by atoms with Crippen LogP contribution < -0.4 is 5.73 Å². The molecule has 0 aliphatic carbocycles. The van der Waals surface area contributed by atoms with Crippen LogP contribution in [0.25, 0.3) is 10.1 Å². The van der Waals surface area contributed by atoms with Crippen LogP contribution >= 0.6 is 11.3 Å². The lowest BCUT2D eigenvalue weighted by Gasteiger charge is -2.20. The third-order valence-electron chi connectivity index (χ3n) is 3.23. The van der Waals surface area contributed by atoms with E-state index in [4.69, 9.17) is 10.5 Å². The Hall–Kier alpha value is -1.23. The fraction of sp³-hybridized carbons (Fsp3) is 0.308. The molecule has 4 heteroatoms. The van der Waals surface area contributed by atoms with Crippen molar-refractivity contribution in [2.45, 2.75) is 12.0 Å². The number of hydrogen-bond donors (Lipinski definition) is 1. The van der Waals surface area contributed by atoms with Crippen LogP contribution in [0.1, 0.15) is 16.8 Å². The number of nitrogens with two attached hydrogens (primary N) is 1. The van der Waals surface area contributed by atoms with Crippen molar-refractivity contribution < 1.29 is 9.53 Å². The Morgan fingerprint density at radius 1 is 1.41 bits per heavy atom. The van der Waals surface area contributed by atoms with E-state index >= 15 is 0 Å². The monoisotopic (exact) mass is 247 g/mol. The van der Waals surface area contributed by atoms with Crippen LogP contribution in [0.15, 0.2) is 29.6 Å². The number of carbonyl (C=O) groups excluding carboxylic acids is 1. The van der Waals surface area contributed by atoms with Crippen molar-refractivity contribution in [2.75, 3.05) is 13.2 Å². The smallest absolute Gasteiger partial charge is 0.186 e. The minimum atomic E-state index is -0.835. The van der Waals surface area contributed by atoms with E-state index in [0.29, 0.717) is 19.6 Å². The summed E-state index contributed by atoms with van der Waals surface area (Å²) >= 11 is 1.58. The molecule has 1 atom stereocenters. The lowest BCUT2D eigenvalue weighted by Crippen LogP contribution is -2.48. The van der Waals surface area contributed by atoms with Gasteiger partial charge in [0.25, 0.3) is 0 Å². The molecule has 0 bridgehead atoms. The number of thiophene rings is 1. The predicted molar refractivity (Wildman–Crippen MR) is 68.5 cm³/mol. The number of carbonyl (C=O) groups is 1. The van der Waals surface area contributed by atoms with E-state index in [-0.39, 0.29) is 5.78 Å². The van der Waals surface area contributed by atoms with Crippen molar-refractivity contribution >= 4 is 27.2 Å². The van der Waals surface area contributed by atoms with E-state index in [1.54, 1.807) is 11.3 Å². The molecule has 2 aromatic rings. The maximum absolute atomic E-state index is 12.5. The summed E-state index contributed by atoms with van der Waals surface area (Å²) in [6.45, 7) is 0.899. The largest absolute Gasteiger partial charge is 0.379 e. The second-order valence-corrected chi connectivity index (χ2v) is 5.35. The molecule has 88 valence electrons. The van der Waals surface area contributed by atoms with Crippen LogP contribution in [-0.4, -0.2) is 24.5 Å². The Labute approximate surface area is 103 Å². The first-order chi connectivity index (χ1) is 8.21. The van der Waals surface area contributed by atoms with Gasteiger partial charge in [0.1, 0.15) is 5.54 Å². The van der Waals surface area contributed by atoms with Gasteiger partial charge < -0.3 is 10.5 Å². The van der Waals surface area contributed by atoms with E-state index in [1.807, 2.05) is 29.6 Å². The zero-order chi connectivity index (χ0) is 11.9. The fourth-order valence-corrected chi connectivity index (χ4v) is 3.11. The van der Waals surface area contributed by atoms with Gasteiger partial charge in [-0.25, -0.2) is 0 Å². The minimum Gasteiger partial charge on any atom is -0.379 e. The van der Waals surface area contributed by atoms with Crippen LogP contribution in [0.3, 0.4) is 0 Å². The molecule has 0 radical (unpaired) electrons. The van der Waals surface area contributed by atoms with Gasteiger partial charge in [0, 0.05) is 16.9 Å². The number of rotatable bonds is 2. The summed E-state index contributed by atoms with van der Waals surface area (Å²) < 4.78 is 6.28. The number of ether oxygens (including phenoxy) is 1. The maximum Gasteiger partial charge on any atom is 0.186 e. The Balaban J connectivity index is 2.09. The molecule has 3 nitrogen and oxygen atoms in total. The van der Waals surface area contributed by atoms with Crippen LogP contribution in [0, 0.1) is 0 Å². The summed E-state index contributed by atoms with van der Waals surface area (Å²) in [7, 11) is 0. The van der Waals surface area contributed by atoms with Crippen LogP contribution in [0.4, 0.5) is 0 Å². The molecule has 0 saturated carbocycles. The molecular formula is C13H13NO2S. The maximum atomic E-state index is 12.5. The highest BCUT2D eigenvalue weighted by Gasteiger charge is 2.39. The van der Waals surface area contributed by atoms with Crippen molar-refractivity contribution in [1.82, 2.24) is 0 Å². The second-order valence-electron chi connectivity index (χ2n) is 4.43. The molecule has 1 fully saturated rings. The molecule has 1 aromatic carbocycles. The molecule has 2 heterocycles. The SMILES string of the molecule is NC1(C(=O)c2cccc3ccsc23)CCOC1. The van der Waals surface area contributed by atoms with Crippen molar-refractivity contribution in [3.05, 3.63) is 35.2 Å². The Morgan fingerprint density at radius 3 is 3.06 bits per heavy atom. The lowest BCUT2D eigenvalue weighted by atomic mass is 9.89. The normalized spacial score (nSPS) is 24.3. The first-order valence-corrected chi connectivity index (χ1v) is 6.46. The van der Waals surface area contributed by atoms with Gasteiger partial charge in [0.05, 0.1) is 6.61 Å². The van der Waals surface area contributed by atoms with Gasteiger partial charge in [-0.15, -0.1) is 11.3 Å². The molecular weight excluding hydrogens is 234 g/mol. The summed E-state index contributed by atoms with van der Waals surface area (Å²) in [5.41, 5.74) is 6.02. The highest BCUT2D eigenvalue weighted by molar-refractivity contribution is 7.17. The second kappa shape index (κ2) is 3.91. The highest BCUT2D eigenvalue weighted by atomic mass is 32.1. The van der Waals surface area contributed by atoms with E-state index in [1.165, 1.54) is 0 Å². The lowest BCUT2D eigenvalue weighted by molar-refractivity contribution is 0.0865. The Kier molecular flexibility index (Phi) is 2.50. The van der Waals surface area contributed by atoms with E-state index < -0.39 is 5.54 Å². The minimum absolute atomic E-state index is 0.00282. The summed E-state index contributed by atoms with van der Waals surface area (Å²) in [6, 6.07) is 7.79. The van der Waals surface area contributed by atoms with Gasteiger partial charge in [-0.3, -0.25) is 4.79 Å². The van der Waals surface area contributed by atoms with Crippen LogP contribution in [-0.2, 0) is 4.74 Å². The first-order valence-electron chi connectivity index (χ1n) is 5.58. The van der Waals surface area contributed by atoms with Crippen LogP contribution in [0.2, 0.25) is 0 Å². The quantitative estimate of drug-likeness (QED) is 0.828. The zero-order valence-electron chi connectivity index (χ0n) is 9.31. The van der Waals surface area contributed by atoms with Gasteiger partial charge in [-0.2, -0.15) is 0 Å². The van der Waals surface area contributed by atoms with Gasteiger partial charge >= 0.3 is 0 Å². The van der Waals surface area contributed by atoms with Crippen molar-refractivity contribution in [3.8, 4) is 0 Å². The molecule has 0 amide bonds. The van der Waals surface area contributed by atoms with Gasteiger partial charge in [-0.1, -0.05) is 12.1 Å². The third kappa shape index (κ3) is 1.69. The molecule has 0 spiro atoms. The van der Waals surface area contributed by atoms with E-state index in [9.17, 15) is 4.79 Å².